The molecule has 1 aliphatic heterocycles. The summed E-state index contributed by atoms with van der Waals surface area (Å²) in [5.41, 5.74) is 5.55. The van der Waals surface area contributed by atoms with Crippen LogP contribution in [0, 0.1) is 6.92 Å². The van der Waals surface area contributed by atoms with E-state index >= 15 is 0 Å². The third kappa shape index (κ3) is 4.34. The number of aryl methyl sites for hydroxylation is 2. The molecule has 0 saturated carbocycles. The number of nitrogens with one attached hydrogen (secondary N) is 1. The molecule has 1 atom stereocenters. The Labute approximate surface area is 166 Å². The van der Waals surface area contributed by atoms with Crippen LogP contribution < -0.4 is 10.1 Å². The van der Waals surface area contributed by atoms with Gasteiger partial charge in [-0.05, 0) is 44.2 Å². The van der Waals surface area contributed by atoms with Crippen molar-refractivity contribution in [2.24, 2.45) is 7.05 Å². The van der Waals surface area contributed by atoms with Crippen molar-refractivity contribution >= 4 is 11.4 Å². The van der Waals surface area contributed by atoms with E-state index in [1.807, 2.05) is 42.2 Å². The molecular formula is C22H27N5O. The lowest BCUT2D eigenvalue weighted by Gasteiger charge is -2.16. The molecule has 6 heteroatoms. The lowest BCUT2D eigenvalue weighted by Crippen LogP contribution is -2.19. The maximum Gasteiger partial charge on any atom is 0.120 e. The summed E-state index contributed by atoms with van der Waals surface area (Å²) in [5, 5.41) is 7.76. The van der Waals surface area contributed by atoms with Gasteiger partial charge in [0.2, 0.25) is 0 Å². The summed E-state index contributed by atoms with van der Waals surface area (Å²) >= 11 is 0. The highest BCUT2D eigenvalue weighted by Crippen LogP contribution is 2.30. The van der Waals surface area contributed by atoms with Crippen LogP contribution in [0.5, 0.6) is 5.75 Å². The predicted molar refractivity (Wildman–Crippen MR) is 111 cm³/mol. The van der Waals surface area contributed by atoms with E-state index in [1.54, 1.807) is 7.11 Å². The standard InChI is InChI=1S/C22H27N5O/c1-16-9-20(25-19-5-4-6-21(10-19)28-3)11-22(24-16)18-7-8-27(15-18)14-17-12-23-26(2)13-17/h4-6,9-13,18H,7-8,14-15H2,1-3H3,(H,24,25)/t18-/m0/s1. The molecule has 0 aliphatic carbocycles. The van der Waals surface area contributed by atoms with E-state index in [9.17, 15) is 0 Å². The molecule has 1 saturated heterocycles. The third-order valence-corrected chi connectivity index (χ3v) is 5.19. The van der Waals surface area contributed by atoms with Gasteiger partial charge < -0.3 is 10.1 Å². The first-order chi connectivity index (χ1) is 13.6. The van der Waals surface area contributed by atoms with Gasteiger partial charge in [0.05, 0.1) is 13.3 Å². The van der Waals surface area contributed by atoms with Crippen LogP contribution in [0.4, 0.5) is 11.4 Å². The van der Waals surface area contributed by atoms with E-state index in [0.717, 1.165) is 48.9 Å². The molecule has 0 amide bonds. The van der Waals surface area contributed by atoms with Gasteiger partial charge in [-0.2, -0.15) is 5.10 Å². The smallest absolute Gasteiger partial charge is 0.120 e. The first-order valence-electron chi connectivity index (χ1n) is 9.68. The molecule has 1 aliphatic rings. The first kappa shape index (κ1) is 18.5. The summed E-state index contributed by atoms with van der Waals surface area (Å²) in [6.07, 6.45) is 5.18. The van der Waals surface area contributed by atoms with Crippen LogP contribution >= 0.6 is 0 Å². The Balaban J connectivity index is 1.46. The summed E-state index contributed by atoms with van der Waals surface area (Å²) in [5.74, 6) is 1.31. The van der Waals surface area contributed by atoms with Gasteiger partial charge >= 0.3 is 0 Å². The number of likely N-dealkylation sites (tertiary alicyclic amines) is 1. The van der Waals surface area contributed by atoms with E-state index in [4.69, 9.17) is 9.72 Å². The van der Waals surface area contributed by atoms with Crippen LogP contribution in [0.15, 0.2) is 48.8 Å². The molecule has 0 unspecified atom stereocenters. The molecule has 1 N–H and O–H groups in total. The zero-order chi connectivity index (χ0) is 19.5. The third-order valence-electron chi connectivity index (χ3n) is 5.19. The zero-order valence-corrected chi connectivity index (χ0v) is 16.7. The zero-order valence-electron chi connectivity index (χ0n) is 16.7. The van der Waals surface area contributed by atoms with Crippen LogP contribution in [0.3, 0.4) is 0 Å². The summed E-state index contributed by atoms with van der Waals surface area (Å²) in [6, 6.07) is 12.3. The molecule has 1 aromatic carbocycles. The van der Waals surface area contributed by atoms with Crippen molar-refractivity contribution in [1.82, 2.24) is 19.7 Å². The number of hydrogen-bond acceptors (Lipinski definition) is 5. The number of ether oxygens (including phenoxy) is 1. The molecule has 2 aromatic heterocycles. The normalized spacial score (nSPS) is 17.0. The SMILES string of the molecule is COc1cccc(Nc2cc(C)nc([C@H]3CCN(Cc4cnn(C)c4)C3)c2)c1. The Hall–Kier alpha value is -2.86. The highest BCUT2D eigenvalue weighted by Gasteiger charge is 2.25. The number of anilines is 2. The lowest BCUT2D eigenvalue weighted by molar-refractivity contribution is 0.326. The molecule has 28 heavy (non-hydrogen) atoms. The number of methoxy groups -OCH3 is 1. The quantitative estimate of drug-likeness (QED) is 0.707. The van der Waals surface area contributed by atoms with E-state index in [-0.39, 0.29) is 0 Å². The second-order valence-corrected chi connectivity index (χ2v) is 7.52. The first-order valence-corrected chi connectivity index (χ1v) is 9.68. The van der Waals surface area contributed by atoms with Gasteiger partial charge in [0.15, 0.2) is 0 Å². The molecule has 0 spiro atoms. The Morgan fingerprint density at radius 2 is 2.11 bits per heavy atom. The minimum atomic E-state index is 0.461. The molecule has 0 radical (unpaired) electrons. The Morgan fingerprint density at radius 1 is 1.21 bits per heavy atom. The topological polar surface area (TPSA) is 55.2 Å². The fraction of sp³-hybridized carbons (Fsp3) is 0.364. The second kappa shape index (κ2) is 8.02. The van der Waals surface area contributed by atoms with Crippen LogP contribution in [-0.4, -0.2) is 39.9 Å². The van der Waals surface area contributed by atoms with Gasteiger partial charge in [0.25, 0.3) is 0 Å². The van der Waals surface area contributed by atoms with Crippen molar-refractivity contribution in [2.45, 2.75) is 25.8 Å². The Bertz CT molecular complexity index is 952. The molecule has 6 nitrogen and oxygen atoms in total. The van der Waals surface area contributed by atoms with Crippen molar-refractivity contribution in [3.8, 4) is 5.75 Å². The summed E-state index contributed by atoms with van der Waals surface area (Å²) < 4.78 is 7.18. The maximum atomic E-state index is 5.32. The number of nitrogens with zero attached hydrogens (tertiary/aromatic N) is 4. The van der Waals surface area contributed by atoms with Gasteiger partial charge in [-0.3, -0.25) is 14.6 Å². The summed E-state index contributed by atoms with van der Waals surface area (Å²) in [6.45, 7) is 5.13. The van der Waals surface area contributed by atoms with Crippen LogP contribution in [0.2, 0.25) is 0 Å². The van der Waals surface area contributed by atoms with Crippen LogP contribution in [-0.2, 0) is 13.6 Å². The van der Waals surface area contributed by atoms with Crippen molar-refractivity contribution in [2.75, 3.05) is 25.5 Å². The number of pyridine rings is 1. The molecular weight excluding hydrogens is 350 g/mol. The van der Waals surface area contributed by atoms with Crippen molar-refractivity contribution < 1.29 is 4.74 Å². The highest BCUT2D eigenvalue weighted by molar-refractivity contribution is 5.62. The Morgan fingerprint density at radius 3 is 2.89 bits per heavy atom. The maximum absolute atomic E-state index is 5.32. The molecule has 0 bridgehead atoms. The van der Waals surface area contributed by atoms with Gasteiger partial charge in [-0.25, -0.2) is 0 Å². The fourth-order valence-electron chi connectivity index (χ4n) is 3.87. The number of aromatic nitrogens is 3. The molecule has 3 aromatic rings. The molecule has 3 heterocycles. The fourth-order valence-corrected chi connectivity index (χ4v) is 3.87. The molecule has 1 fully saturated rings. The van der Waals surface area contributed by atoms with Crippen LogP contribution in [0.1, 0.15) is 29.3 Å². The molecule has 146 valence electrons. The predicted octanol–water partition coefficient (Wildman–Crippen LogP) is 3.87. The van der Waals surface area contributed by atoms with Gasteiger partial charge in [0, 0.05) is 66.6 Å². The monoisotopic (exact) mass is 377 g/mol. The summed E-state index contributed by atoms with van der Waals surface area (Å²) in [4.78, 5) is 7.32. The number of hydrogen-bond donors (Lipinski definition) is 1. The molecule has 4 rings (SSSR count). The largest absolute Gasteiger partial charge is 0.497 e. The average molecular weight is 377 g/mol. The van der Waals surface area contributed by atoms with Crippen molar-refractivity contribution in [1.29, 1.82) is 0 Å². The summed E-state index contributed by atoms with van der Waals surface area (Å²) in [7, 11) is 3.65. The number of rotatable bonds is 6. The van der Waals surface area contributed by atoms with Gasteiger partial charge in [0.1, 0.15) is 5.75 Å². The van der Waals surface area contributed by atoms with Gasteiger partial charge in [-0.15, -0.1) is 0 Å². The van der Waals surface area contributed by atoms with E-state index in [1.165, 1.54) is 11.3 Å². The highest BCUT2D eigenvalue weighted by atomic mass is 16.5. The lowest BCUT2D eigenvalue weighted by atomic mass is 10.0. The van der Waals surface area contributed by atoms with Crippen LogP contribution in [0.25, 0.3) is 0 Å². The number of benzene rings is 1. The van der Waals surface area contributed by atoms with E-state index in [2.05, 4.69) is 40.6 Å². The average Bonchev–Trinajstić information content (AvgIpc) is 3.31. The van der Waals surface area contributed by atoms with E-state index < -0.39 is 0 Å². The van der Waals surface area contributed by atoms with Gasteiger partial charge in [-0.1, -0.05) is 6.07 Å². The minimum Gasteiger partial charge on any atom is -0.497 e. The Kier molecular flexibility index (Phi) is 5.30. The van der Waals surface area contributed by atoms with Crippen molar-refractivity contribution in [3.05, 3.63) is 65.7 Å². The van der Waals surface area contributed by atoms with E-state index in [0.29, 0.717) is 5.92 Å². The minimum absolute atomic E-state index is 0.461. The van der Waals surface area contributed by atoms with Crippen molar-refractivity contribution in [3.63, 3.8) is 0 Å². The second-order valence-electron chi connectivity index (χ2n) is 7.52.